The zero-order chi connectivity index (χ0) is 26.3. The van der Waals surface area contributed by atoms with Crippen molar-refractivity contribution in [2.75, 3.05) is 31.5 Å². The van der Waals surface area contributed by atoms with E-state index >= 15 is 0 Å². The van der Waals surface area contributed by atoms with Crippen LogP contribution in [0.25, 0.3) is 0 Å². The lowest BCUT2D eigenvalue weighted by molar-refractivity contribution is -0.0163. The van der Waals surface area contributed by atoms with Crippen LogP contribution in [0, 0.1) is 5.92 Å². The summed E-state index contributed by atoms with van der Waals surface area (Å²) in [6.45, 7) is 6.52. The first-order valence-corrected chi connectivity index (χ1v) is 13.2. The monoisotopic (exact) mass is 518 g/mol. The molecule has 0 bridgehead atoms. The Kier molecular flexibility index (Phi) is 8.18. The number of anilines is 1. The average Bonchev–Trinajstić information content (AvgIpc) is 3.45. The first kappa shape index (κ1) is 25.7. The number of nitrogens with zero attached hydrogens (tertiary/aromatic N) is 5. The summed E-state index contributed by atoms with van der Waals surface area (Å²) in [7, 11) is 0. The molecule has 2 aromatic heterocycles. The summed E-state index contributed by atoms with van der Waals surface area (Å²) < 4.78 is 5.42. The van der Waals surface area contributed by atoms with E-state index < -0.39 is 6.09 Å². The molecule has 2 aliphatic heterocycles. The first-order chi connectivity index (χ1) is 18.5. The van der Waals surface area contributed by atoms with Crippen molar-refractivity contribution in [2.45, 2.75) is 45.3 Å². The Labute approximate surface area is 222 Å². The van der Waals surface area contributed by atoms with Crippen molar-refractivity contribution in [1.82, 2.24) is 24.7 Å². The zero-order valence-corrected chi connectivity index (χ0v) is 21.7. The van der Waals surface area contributed by atoms with Crippen LogP contribution in [0.4, 0.5) is 10.5 Å². The smallest absolute Gasteiger partial charge is 0.393 e. The number of piperidine rings is 2. The van der Waals surface area contributed by atoms with Gasteiger partial charge >= 0.3 is 6.09 Å². The fourth-order valence-corrected chi connectivity index (χ4v) is 4.73. The van der Waals surface area contributed by atoms with Gasteiger partial charge in [-0.05, 0) is 61.7 Å². The first-order valence-electron chi connectivity index (χ1n) is 13.2. The van der Waals surface area contributed by atoms with Gasteiger partial charge in [0, 0.05) is 44.1 Å². The van der Waals surface area contributed by atoms with Crippen LogP contribution in [0.3, 0.4) is 0 Å². The predicted molar refractivity (Wildman–Crippen MR) is 142 cm³/mol. The summed E-state index contributed by atoms with van der Waals surface area (Å²) in [5.74, 6) is 0.777. The second-order valence-electron chi connectivity index (χ2n) is 10.1. The van der Waals surface area contributed by atoms with Gasteiger partial charge in [0.2, 0.25) is 5.88 Å². The van der Waals surface area contributed by atoms with E-state index in [4.69, 9.17) is 9.57 Å². The van der Waals surface area contributed by atoms with Crippen molar-refractivity contribution in [3.05, 3.63) is 72.2 Å². The van der Waals surface area contributed by atoms with Crippen LogP contribution in [-0.2, 0) is 6.54 Å². The maximum atomic E-state index is 12.7. The quantitative estimate of drug-likeness (QED) is 0.507. The molecule has 4 heterocycles. The number of nitrogens with one attached hydrogen (secondary N) is 1. The number of ether oxygens (including phenoxy) is 1. The molecule has 1 N–H and O–H groups in total. The lowest BCUT2D eigenvalue weighted by Gasteiger charge is -2.30. The number of carbonyl (C=O) groups is 2. The number of amides is 2. The van der Waals surface area contributed by atoms with E-state index in [0.29, 0.717) is 37.2 Å². The third-order valence-corrected chi connectivity index (χ3v) is 7.12. The summed E-state index contributed by atoms with van der Waals surface area (Å²) in [5.41, 5.74) is 2.31. The maximum Gasteiger partial charge on any atom is 0.416 e. The molecule has 0 atom stereocenters. The molecule has 10 heteroatoms. The van der Waals surface area contributed by atoms with Crippen LogP contribution < -0.4 is 14.9 Å². The number of rotatable bonds is 7. The van der Waals surface area contributed by atoms with Crippen molar-refractivity contribution in [3.8, 4) is 5.88 Å². The standard InChI is InChI=1S/C28H34N6O4/c1-21-9-15-32(16-10-21)20-22-3-5-23(6-4-22)27(35)31-24-7-8-26(29-19-24)37-28(36)33-17-11-25(12-18-33)38-34-14-2-13-30-34/h2-8,13-14,19,21,25H,9-12,15-18,20H2,1H3,(H,31,35). The number of benzene rings is 1. The Morgan fingerprint density at radius 2 is 1.76 bits per heavy atom. The number of hydrogen-bond acceptors (Lipinski definition) is 7. The molecule has 0 unspecified atom stereocenters. The number of likely N-dealkylation sites (tertiary alicyclic amines) is 2. The molecule has 2 saturated heterocycles. The highest BCUT2D eigenvalue weighted by Gasteiger charge is 2.26. The number of hydrogen-bond donors (Lipinski definition) is 1. The second-order valence-corrected chi connectivity index (χ2v) is 10.1. The van der Waals surface area contributed by atoms with Gasteiger partial charge in [-0.25, -0.2) is 9.78 Å². The number of pyridine rings is 1. The van der Waals surface area contributed by atoms with E-state index in [0.717, 1.165) is 25.6 Å². The Bertz CT molecular complexity index is 1180. The maximum absolute atomic E-state index is 12.7. The van der Waals surface area contributed by atoms with Crippen molar-refractivity contribution in [3.63, 3.8) is 0 Å². The van der Waals surface area contributed by atoms with Crippen LogP contribution in [0.2, 0.25) is 0 Å². The van der Waals surface area contributed by atoms with Crippen LogP contribution in [0.5, 0.6) is 5.88 Å². The minimum absolute atomic E-state index is 0.00485. The Morgan fingerprint density at radius 3 is 2.42 bits per heavy atom. The molecule has 1 aromatic carbocycles. The van der Waals surface area contributed by atoms with E-state index in [-0.39, 0.29) is 17.9 Å². The lowest BCUT2D eigenvalue weighted by Crippen LogP contribution is -2.44. The van der Waals surface area contributed by atoms with E-state index in [9.17, 15) is 9.59 Å². The fourth-order valence-electron chi connectivity index (χ4n) is 4.73. The molecule has 0 radical (unpaired) electrons. The summed E-state index contributed by atoms with van der Waals surface area (Å²) in [4.78, 5) is 40.7. The van der Waals surface area contributed by atoms with Crippen molar-refractivity contribution < 1.29 is 19.2 Å². The summed E-state index contributed by atoms with van der Waals surface area (Å²) in [5, 5.41) is 6.89. The van der Waals surface area contributed by atoms with Crippen LogP contribution in [0.15, 0.2) is 61.1 Å². The molecular formula is C28H34N6O4. The Hall–Kier alpha value is -3.92. The average molecular weight is 519 g/mol. The molecule has 10 nitrogen and oxygen atoms in total. The van der Waals surface area contributed by atoms with Crippen LogP contribution in [0.1, 0.15) is 48.5 Å². The van der Waals surface area contributed by atoms with Gasteiger partial charge in [0.1, 0.15) is 6.10 Å². The van der Waals surface area contributed by atoms with E-state index in [2.05, 4.69) is 27.2 Å². The van der Waals surface area contributed by atoms with Gasteiger partial charge in [-0.1, -0.05) is 19.1 Å². The topological polar surface area (TPSA) is 102 Å². The van der Waals surface area contributed by atoms with Crippen molar-refractivity contribution in [2.24, 2.45) is 5.92 Å². The molecule has 38 heavy (non-hydrogen) atoms. The minimum atomic E-state index is -0.453. The van der Waals surface area contributed by atoms with Gasteiger partial charge in [-0.15, -0.1) is 9.94 Å². The molecule has 0 saturated carbocycles. The molecule has 3 aromatic rings. The van der Waals surface area contributed by atoms with Crippen molar-refractivity contribution >= 4 is 17.7 Å². The van der Waals surface area contributed by atoms with Gasteiger partial charge in [0.05, 0.1) is 24.3 Å². The van der Waals surface area contributed by atoms with E-state index in [1.165, 1.54) is 29.4 Å². The number of aromatic nitrogens is 3. The van der Waals surface area contributed by atoms with Crippen LogP contribution in [-0.4, -0.2) is 69.0 Å². The minimum Gasteiger partial charge on any atom is -0.393 e. The molecule has 5 rings (SSSR count). The van der Waals surface area contributed by atoms with Gasteiger partial charge in [-0.2, -0.15) is 0 Å². The molecule has 2 amide bonds. The molecule has 2 aliphatic rings. The Morgan fingerprint density at radius 1 is 1.00 bits per heavy atom. The van der Waals surface area contributed by atoms with Gasteiger partial charge < -0.3 is 19.8 Å². The van der Waals surface area contributed by atoms with Gasteiger partial charge in [-0.3, -0.25) is 9.69 Å². The largest absolute Gasteiger partial charge is 0.416 e. The summed E-state index contributed by atoms with van der Waals surface area (Å²) in [6.07, 6.45) is 8.28. The number of carbonyl (C=O) groups excluding carboxylic acids is 2. The predicted octanol–water partition coefficient (Wildman–Crippen LogP) is 3.85. The molecule has 0 aliphatic carbocycles. The fraction of sp³-hybridized carbons (Fsp3) is 0.429. The van der Waals surface area contributed by atoms with Crippen LogP contribution >= 0.6 is 0 Å². The molecule has 2 fully saturated rings. The normalized spacial score (nSPS) is 17.2. The SMILES string of the molecule is CC1CCN(Cc2ccc(C(=O)Nc3ccc(OC(=O)N4CCC(On5cccn5)CC4)nc3)cc2)CC1. The highest BCUT2D eigenvalue weighted by molar-refractivity contribution is 6.04. The lowest BCUT2D eigenvalue weighted by atomic mass is 9.99. The summed E-state index contributed by atoms with van der Waals surface area (Å²) >= 11 is 0. The van der Waals surface area contributed by atoms with Gasteiger partial charge in [0.25, 0.3) is 5.91 Å². The van der Waals surface area contributed by atoms with E-state index in [1.807, 2.05) is 24.3 Å². The second kappa shape index (κ2) is 12.1. The summed E-state index contributed by atoms with van der Waals surface area (Å²) in [6, 6.07) is 12.8. The highest BCUT2D eigenvalue weighted by atomic mass is 16.7. The third kappa shape index (κ3) is 6.89. The highest BCUT2D eigenvalue weighted by Crippen LogP contribution is 2.19. The Balaban J connectivity index is 1.06. The van der Waals surface area contributed by atoms with E-state index in [1.54, 1.807) is 35.5 Å². The molecule has 0 spiro atoms. The third-order valence-electron chi connectivity index (χ3n) is 7.12. The molecule has 200 valence electrons. The molecular weight excluding hydrogens is 484 g/mol. The van der Waals surface area contributed by atoms with Gasteiger partial charge in [0.15, 0.2) is 0 Å². The zero-order valence-electron chi connectivity index (χ0n) is 21.7. The van der Waals surface area contributed by atoms with Crippen molar-refractivity contribution in [1.29, 1.82) is 0 Å².